The fourth-order valence-electron chi connectivity index (χ4n) is 2.80. The van der Waals surface area contributed by atoms with Gasteiger partial charge in [-0.2, -0.15) is 0 Å². The molecule has 0 aliphatic carbocycles. The third-order valence-electron chi connectivity index (χ3n) is 4.36. The van der Waals surface area contributed by atoms with E-state index in [-0.39, 0.29) is 6.61 Å². The van der Waals surface area contributed by atoms with Crippen LogP contribution in [0.3, 0.4) is 0 Å². The molecule has 0 saturated carbocycles. The van der Waals surface area contributed by atoms with E-state index in [0.717, 1.165) is 5.56 Å². The van der Waals surface area contributed by atoms with Gasteiger partial charge in [0.15, 0.2) is 6.10 Å². The minimum atomic E-state index is -0.996. The van der Waals surface area contributed by atoms with E-state index in [2.05, 4.69) is 5.32 Å². The van der Waals surface area contributed by atoms with Gasteiger partial charge in [-0.1, -0.05) is 11.6 Å². The lowest BCUT2D eigenvalue weighted by Crippen LogP contribution is -2.36. The van der Waals surface area contributed by atoms with Gasteiger partial charge in [-0.3, -0.25) is 14.4 Å². The molecule has 28 heavy (non-hydrogen) atoms. The Labute approximate surface area is 166 Å². The number of nitrogens with two attached hydrogens (primary N) is 1. The highest BCUT2D eigenvalue weighted by Gasteiger charge is 2.30. The SMILES string of the molecule is C[C@H](OC(=O)[C@H]1COc2ccc(Cl)cc2C1)C(=O)Nc1ccc(C(N)=O)cc1. The van der Waals surface area contributed by atoms with Gasteiger partial charge in [-0.25, -0.2) is 0 Å². The summed E-state index contributed by atoms with van der Waals surface area (Å²) < 4.78 is 10.9. The molecule has 0 saturated heterocycles. The Kier molecular flexibility index (Phi) is 5.84. The summed E-state index contributed by atoms with van der Waals surface area (Å²) in [6, 6.07) is 11.3. The fraction of sp³-hybridized carbons (Fsp3) is 0.250. The van der Waals surface area contributed by atoms with Gasteiger partial charge < -0.3 is 20.5 Å². The van der Waals surface area contributed by atoms with Crippen molar-refractivity contribution in [2.24, 2.45) is 11.7 Å². The Morgan fingerprint density at radius 2 is 1.93 bits per heavy atom. The van der Waals surface area contributed by atoms with Crippen LogP contribution < -0.4 is 15.8 Å². The number of amides is 2. The number of benzene rings is 2. The lowest BCUT2D eigenvalue weighted by atomic mass is 9.97. The number of rotatable bonds is 5. The smallest absolute Gasteiger partial charge is 0.313 e. The molecule has 0 fully saturated rings. The summed E-state index contributed by atoms with van der Waals surface area (Å²) >= 11 is 5.98. The number of primary amides is 1. The van der Waals surface area contributed by atoms with E-state index in [4.69, 9.17) is 26.8 Å². The maximum atomic E-state index is 12.4. The molecule has 2 aromatic carbocycles. The minimum Gasteiger partial charge on any atom is -0.492 e. The number of carbonyl (C=O) groups is 3. The summed E-state index contributed by atoms with van der Waals surface area (Å²) in [5.74, 6) is -1.38. The van der Waals surface area contributed by atoms with Crippen molar-refractivity contribution in [2.75, 3.05) is 11.9 Å². The van der Waals surface area contributed by atoms with Crippen LogP contribution >= 0.6 is 11.6 Å². The first-order valence-corrected chi connectivity index (χ1v) is 9.03. The second-order valence-electron chi connectivity index (χ2n) is 6.47. The largest absolute Gasteiger partial charge is 0.492 e. The van der Waals surface area contributed by atoms with Crippen molar-refractivity contribution in [3.05, 3.63) is 58.6 Å². The zero-order chi connectivity index (χ0) is 20.3. The summed E-state index contributed by atoms with van der Waals surface area (Å²) in [7, 11) is 0. The first-order valence-electron chi connectivity index (χ1n) is 8.66. The molecule has 0 spiro atoms. The van der Waals surface area contributed by atoms with Crippen LogP contribution in [0, 0.1) is 5.92 Å². The second-order valence-corrected chi connectivity index (χ2v) is 6.91. The van der Waals surface area contributed by atoms with Gasteiger partial charge in [0.25, 0.3) is 5.91 Å². The summed E-state index contributed by atoms with van der Waals surface area (Å²) in [5, 5.41) is 3.18. The normalized spacial score (nSPS) is 16.3. The van der Waals surface area contributed by atoms with Crippen molar-refractivity contribution in [1.29, 1.82) is 0 Å². The second kappa shape index (κ2) is 8.31. The van der Waals surface area contributed by atoms with Crippen molar-refractivity contribution in [3.8, 4) is 5.75 Å². The van der Waals surface area contributed by atoms with Crippen molar-refractivity contribution >= 4 is 35.1 Å². The molecule has 0 radical (unpaired) electrons. The maximum Gasteiger partial charge on any atom is 0.313 e. The summed E-state index contributed by atoms with van der Waals surface area (Å²) in [5.41, 5.74) is 6.79. The fourth-order valence-corrected chi connectivity index (χ4v) is 2.99. The van der Waals surface area contributed by atoms with E-state index in [1.807, 2.05) is 0 Å². The number of carbonyl (C=O) groups excluding carboxylic acids is 3. The number of fused-ring (bicyclic) bond motifs is 1. The number of ether oxygens (including phenoxy) is 2. The van der Waals surface area contributed by atoms with Crippen molar-refractivity contribution in [2.45, 2.75) is 19.4 Å². The molecule has 2 amide bonds. The summed E-state index contributed by atoms with van der Waals surface area (Å²) in [6.07, 6.45) is -0.568. The lowest BCUT2D eigenvalue weighted by Gasteiger charge is -2.25. The van der Waals surface area contributed by atoms with Crippen LogP contribution in [-0.2, 0) is 20.7 Å². The van der Waals surface area contributed by atoms with Crippen LogP contribution in [0.1, 0.15) is 22.8 Å². The summed E-state index contributed by atoms with van der Waals surface area (Å²) in [4.78, 5) is 35.7. The predicted octanol–water partition coefficient (Wildman–Crippen LogP) is 2.56. The van der Waals surface area contributed by atoms with Crippen LogP contribution in [0.4, 0.5) is 5.69 Å². The molecule has 3 N–H and O–H groups in total. The predicted molar refractivity (Wildman–Crippen MR) is 103 cm³/mol. The third kappa shape index (κ3) is 4.61. The van der Waals surface area contributed by atoms with Crippen LogP contribution in [0.15, 0.2) is 42.5 Å². The zero-order valence-electron chi connectivity index (χ0n) is 15.1. The van der Waals surface area contributed by atoms with Gasteiger partial charge in [0.05, 0.1) is 5.92 Å². The quantitative estimate of drug-likeness (QED) is 0.747. The van der Waals surface area contributed by atoms with Crippen LogP contribution in [0.5, 0.6) is 5.75 Å². The van der Waals surface area contributed by atoms with Crippen molar-refractivity contribution < 1.29 is 23.9 Å². The van der Waals surface area contributed by atoms with Crippen molar-refractivity contribution in [3.63, 3.8) is 0 Å². The highest BCUT2D eigenvalue weighted by molar-refractivity contribution is 6.30. The molecule has 1 aliphatic rings. The average Bonchev–Trinajstić information content (AvgIpc) is 2.67. The van der Waals surface area contributed by atoms with Gasteiger partial charge in [0.1, 0.15) is 12.4 Å². The zero-order valence-corrected chi connectivity index (χ0v) is 15.9. The molecule has 3 rings (SSSR count). The Balaban J connectivity index is 1.56. The maximum absolute atomic E-state index is 12.4. The van der Waals surface area contributed by atoms with Gasteiger partial charge in [-0.15, -0.1) is 0 Å². The van der Waals surface area contributed by atoms with E-state index < -0.39 is 29.8 Å². The molecule has 146 valence electrons. The molecular formula is C20H19ClN2O5. The molecule has 0 unspecified atom stereocenters. The van der Waals surface area contributed by atoms with Crippen LogP contribution in [0.25, 0.3) is 0 Å². The highest BCUT2D eigenvalue weighted by Crippen LogP contribution is 2.30. The van der Waals surface area contributed by atoms with E-state index in [0.29, 0.717) is 28.4 Å². The van der Waals surface area contributed by atoms with E-state index in [9.17, 15) is 14.4 Å². The number of hydrogen-bond donors (Lipinski definition) is 2. The number of hydrogen-bond acceptors (Lipinski definition) is 5. The monoisotopic (exact) mass is 402 g/mol. The van der Waals surface area contributed by atoms with Gasteiger partial charge >= 0.3 is 5.97 Å². The Morgan fingerprint density at radius 1 is 1.21 bits per heavy atom. The first kappa shape index (κ1) is 19.7. The molecule has 0 bridgehead atoms. The molecule has 1 aliphatic heterocycles. The van der Waals surface area contributed by atoms with Gasteiger partial charge in [-0.05, 0) is 61.4 Å². The van der Waals surface area contributed by atoms with Crippen LogP contribution in [0.2, 0.25) is 5.02 Å². The van der Waals surface area contributed by atoms with E-state index in [1.165, 1.54) is 19.1 Å². The van der Waals surface area contributed by atoms with Gasteiger partial charge in [0, 0.05) is 16.3 Å². The lowest BCUT2D eigenvalue weighted by molar-refractivity contribution is -0.158. The number of nitrogens with one attached hydrogen (secondary N) is 1. The Morgan fingerprint density at radius 3 is 2.61 bits per heavy atom. The average molecular weight is 403 g/mol. The van der Waals surface area contributed by atoms with E-state index >= 15 is 0 Å². The molecule has 2 aromatic rings. The molecule has 8 heteroatoms. The number of esters is 1. The summed E-state index contributed by atoms with van der Waals surface area (Å²) in [6.45, 7) is 1.66. The van der Waals surface area contributed by atoms with Crippen LogP contribution in [-0.4, -0.2) is 30.5 Å². The standard InChI is InChI=1S/C20H19ClN2O5/c1-11(19(25)23-16-5-2-12(3-6-16)18(22)24)28-20(26)14-8-13-9-15(21)4-7-17(13)27-10-14/h2-7,9,11,14H,8,10H2,1H3,(H2,22,24)(H,23,25)/t11-,14+/m0/s1. The number of anilines is 1. The molecule has 1 heterocycles. The van der Waals surface area contributed by atoms with E-state index in [1.54, 1.807) is 30.3 Å². The van der Waals surface area contributed by atoms with Crippen molar-refractivity contribution in [1.82, 2.24) is 0 Å². The highest BCUT2D eigenvalue weighted by atomic mass is 35.5. The third-order valence-corrected chi connectivity index (χ3v) is 4.60. The Bertz CT molecular complexity index is 913. The molecule has 7 nitrogen and oxygen atoms in total. The van der Waals surface area contributed by atoms with Gasteiger partial charge in [0.2, 0.25) is 5.91 Å². The molecular weight excluding hydrogens is 384 g/mol. The minimum absolute atomic E-state index is 0.177. The number of halogens is 1. The topological polar surface area (TPSA) is 108 Å². The first-order chi connectivity index (χ1) is 13.3. The molecule has 0 aromatic heterocycles. The Hall–Kier alpha value is -3.06. The molecule has 2 atom stereocenters.